The molecule has 3 aromatic carbocycles. The average Bonchev–Trinajstić information content (AvgIpc) is 2.80. The second-order valence-corrected chi connectivity index (χ2v) is 11.0. The maximum atomic E-state index is 13.4. The van der Waals surface area contributed by atoms with Crippen LogP contribution in [0.2, 0.25) is 0 Å². The third kappa shape index (κ3) is 6.85. The predicted molar refractivity (Wildman–Crippen MR) is 137 cm³/mol. The molecule has 0 radical (unpaired) electrons. The number of carbonyl (C=O) groups is 1. The van der Waals surface area contributed by atoms with E-state index in [4.69, 9.17) is 0 Å². The number of benzene rings is 3. The first kappa shape index (κ1) is 24.9. The fraction of sp³-hybridized carbons (Fsp3) is 0.269. The summed E-state index contributed by atoms with van der Waals surface area (Å²) >= 11 is 1.73. The Morgan fingerprint density at radius 3 is 2.36 bits per heavy atom. The third-order valence-corrected chi connectivity index (χ3v) is 8.14. The van der Waals surface area contributed by atoms with E-state index in [0.29, 0.717) is 12.2 Å². The van der Waals surface area contributed by atoms with Gasteiger partial charge in [-0.2, -0.15) is 11.8 Å². The molecule has 0 unspecified atom stereocenters. The highest BCUT2D eigenvalue weighted by Gasteiger charge is 2.27. The molecule has 0 atom stereocenters. The van der Waals surface area contributed by atoms with Gasteiger partial charge >= 0.3 is 0 Å². The second-order valence-electron chi connectivity index (χ2n) is 7.98. The van der Waals surface area contributed by atoms with Gasteiger partial charge in [0.15, 0.2) is 0 Å². The highest BCUT2D eigenvalue weighted by atomic mass is 32.2. The number of sulfonamides is 1. The molecule has 174 valence electrons. The van der Waals surface area contributed by atoms with Crippen molar-refractivity contribution in [1.82, 2.24) is 5.32 Å². The van der Waals surface area contributed by atoms with Crippen LogP contribution in [0.25, 0.3) is 0 Å². The van der Waals surface area contributed by atoms with Crippen LogP contribution < -0.4 is 9.62 Å². The van der Waals surface area contributed by atoms with E-state index in [1.807, 2.05) is 26.0 Å². The molecule has 0 aliphatic carbocycles. The van der Waals surface area contributed by atoms with Crippen LogP contribution in [0.1, 0.15) is 22.3 Å². The maximum absolute atomic E-state index is 13.4. The quantitative estimate of drug-likeness (QED) is 0.419. The van der Waals surface area contributed by atoms with Crippen LogP contribution in [0.5, 0.6) is 0 Å². The van der Waals surface area contributed by atoms with Crippen molar-refractivity contribution in [3.05, 3.63) is 95.1 Å². The molecule has 0 aromatic heterocycles. The van der Waals surface area contributed by atoms with Gasteiger partial charge in [-0.05, 0) is 61.7 Å². The molecule has 0 saturated carbocycles. The van der Waals surface area contributed by atoms with Crippen LogP contribution >= 0.6 is 11.8 Å². The van der Waals surface area contributed by atoms with Gasteiger partial charge in [0.1, 0.15) is 6.54 Å². The maximum Gasteiger partial charge on any atom is 0.264 e. The molecular formula is C26H30N2O3S2. The molecule has 5 nitrogen and oxygen atoms in total. The van der Waals surface area contributed by atoms with E-state index in [1.165, 1.54) is 15.4 Å². The van der Waals surface area contributed by atoms with E-state index in [2.05, 4.69) is 30.4 Å². The molecular weight excluding hydrogens is 452 g/mol. The number of nitrogens with one attached hydrogen (secondary N) is 1. The smallest absolute Gasteiger partial charge is 0.264 e. The first-order valence-corrected chi connectivity index (χ1v) is 13.4. The zero-order chi connectivity index (χ0) is 23.8. The van der Waals surface area contributed by atoms with E-state index in [1.54, 1.807) is 54.2 Å². The fourth-order valence-corrected chi connectivity index (χ4v) is 5.60. The normalized spacial score (nSPS) is 11.2. The minimum atomic E-state index is -3.89. The molecule has 3 rings (SSSR count). The van der Waals surface area contributed by atoms with E-state index in [0.717, 1.165) is 22.6 Å². The first-order valence-electron chi connectivity index (χ1n) is 10.8. The van der Waals surface area contributed by atoms with Crippen molar-refractivity contribution in [1.29, 1.82) is 0 Å². The number of nitrogens with zero attached hydrogens (tertiary/aromatic N) is 1. The van der Waals surface area contributed by atoms with E-state index < -0.39 is 10.0 Å². The zero-order valence-electron chi connectivity index (χ0n) is 19.2. The Kier molecular flexibility index (Phi) is 8.58. The van der Waals surface area contributed by atoms with Crippen LogP contribution in [-0.2, 0) is 20.6 Å². The SMILES string of the molecule is Cc1cccc(CSCCNC(=O)CN(c2ccc(C)c(C)c2)S(=O)(=O)c2ccccc2)c1. The molecule has 0 heterocycles. The van der Waals surface area contributed by atoms with Crippen LogP contribution in [0.3, 0.4) is 0 Å². The van der Waals surface area contributed by atoms with E-state index >= 15 is 0 Å². The van der Waals surface area contributed by atoms with Crippen LogP contribution in [0, 0.1) is 20.8 Å². The van der Waals surface area contributed by atoms with Crippen molar-refractivity contribution in [3.63, 3.8) is 0 Å². The Morgan fingerprint density at radius 1 is 0.909 bits per heavy atom. The zero-order valence-corrected chi connectivity index (χ0v) is 20.9. The highest BCUT2D eigenvalue weighted by molar-refractivity contribution is 7.98. The number of thioether (sulfide) groups is 1. The summed E-state index contributed by atoms with van der Waals surface area (Å²) < 4.78 is 27.9. The molecule has 1 N–H and O–H groups in total. The number of amides is 1. The Morgan fingerprint density at radius 2 is 1.67 bits per heavy atom. The molecule has 3 aromatic rings. The summed E-state index contributed by atoms with van der Waals surface area (Å²) in [6.07, 6.45) is 0. The van der Waals surface area contributed by atoms with Gasteiger partial charge in [0.25, 0.3) is 10.0 Å². The molecule has 0 fully saturated rings. The average molecular weight is 483 g/mol. The molecule has 0 aliphatic heterocycles. The number of hydrogen-bond donors (Lipinski definition) is 1. The second kappa shape index (κ2) is 11.4. The third-order valence-electron chi connectivity index (χ3n) is 5.32. The Labute approximate surface area is 201 Å². The number of anilines is 1. The number of carbonyl (C=O) groups excluding carboxylic acids is 1. The predicted octanol–water partition coefficient (Wildman–Crippen LogP) is 4.86. The summed E-state index contributed by atoms with van der Waals surface area (Å²) in [7, 11) is -3.89. The Bertz CT molecular complexity index is 1200. The van der Waals surface area contributed by atoms with E-state index in [9.17, 15) is 13.2 Å². The van der Waals surface area contributed by atoms with Crippen LogP contribution in [-0.4, -0.2) is 33.2 Å². The van der Waals surface area contributed by atoms with Crippen molar-refractivity contribution in [3.8, 4) is 0 Å². The summed E-state index contributed by atoms with van der Waals surface area (Å²) in [5.41, 5.74) is 4.99. The van der Waals surface area contributed by atoms with Gasteiger partial charge in [0.2, 0.25) is 5.91 Å². The van der Waals surface area contributed by atoms with Crippen molar-refractivity contribution in [2.45, 2.75) is 31.4 Å². The minimum Gasteiger partial charge on any atom is -0.354 e. The molecule has 0 bridgehead atoms. The Balaban J connectivity index is 1.65. The van der Waals surface area contributed by atoms with Crippen molar-refractivity contribution >= 4 is 33.4 Å². The topological polar surface area (TPSA) is 66.5 Å². The number of hydrogen-bond acceptors (Lipinski definition) is 4. The standard InChI is InChI=1S/C26H30N2O3S2/c1-20-8-7-9-23(16-20)19-32-15-14-27-26(29)18-28(24-13-12-21(2)22(3)17-24)33(30,31)25-10-5-4-6-11-25/h4-13,16-17H,14-15,18-19H2,1-3H3,(H,27,29). The minimum absolute atomic E-state index is 0.157. The van der Waals surface area contributed by atoms with Gasteiger partial charge in [-0.3, -0.25) is 9.10 Å². The lowest BCUT2D eigenvalue weighted by molar-refractivity contribution is -0.119. The lowest BCUT2D eigenvalue weighted by Crippen LogP contribution is -2.41. The number of rotatable bonds is 10. The summed E-state index contributed by atoms with van der Waals surface area (Å²) in [4.78, 5) is 12.9. The highest BCUT2D eigenvalue weighted by Crippen LogP contribution is 2.25. The largest absolute Gasteiger partial charge is 0.354 e. The van der Waals surface area contributed by atoms with Crippen molar-refractivity contribution < 1.29 is 13.2 Å². The number of aryl methyl sites for hydroxylation is 3. The van der Waals surface area contributed by atoms with Gasteiger partial charge in [0, 0.05) is 18.1 Å². The summed E-state index contributed by atoms with van der Waals surface area (Å²) in [5, 5.41) is 2.86. The van der Waals surface area contributed by atoms with Crippen LogP contribution in [0.15, 0.2) is 77.7 Å². The van der Waals surface area contributed by atoms with Crippen molar-refractivity contribution in [2.75, 3.05) is 23.1 Å². The van der Waals surface area contributed by atoms with Crippen molar-refractivity contribution in [2.24, 2.45) is 0 Å². The summed E-state index contributed by atoms with van der Waals surface area (Å²) in [5.74, 6) is 1.28. The monoisotopic (exact) mass is 482 g/mol. The lowest BCUT2D eigenvalue weighted by Gasteiger charge is -2.24. The molecule has 33 heavy (non-hydrogen) atoms. The molecule has 7 heteroatoms. The molecule has 1 amide bonds. The molecule has 0 spiro atoms. The summed E-state index contributed by atoms with van der Waals surface area (Å²) in [6.45, 7) is 6.16. The molecule has 0 saturated heterocycles. The first-order chi connectivity index (χ1) is 15.8. The molecule has 0 aliphatic rings. The Hall–Kier alpha value is -2.77. The van der Waals surface area contributed by atoms with Gasteiger partial charge in [-0.15, -0.1) is 0 Å². The lowest BCUT2D eigenvalue weighted by atomic mass is 10.1. The summed E-state index contributed by atoms with van der Waals surface area (Å²) in [6, 6.07) is 22.0. The van der Waals surface area contributed by atoms with E-state index in [-0.39, 0.29) is 17.3 Å². The van der Waals surface area contributed by atoms with Gasteiger partial charge < -0.3 is 5.32 Å². The fourth-order valence-electron chi connectivity index (χ4n) is 3.36. The van der Waals surface area contributed by atoms with Crippen LogP contribution in [0.4, 0.5) is 5.69 Å². The van der Waals surface area contributed by atoms with Gasteiger partial charge in [0.05, 0.1) is 10.6 Å². The van der Waals surface area contributed by atoms with Gasteiger partial charge in [-0.25, -0.2) is 8.42 Å². The van der Waals surface area contributed by atoms with Gasteiger partial charge in [-0.1, -0.05) is 54.1 Å².